The van der Waals surface area contributed by atoms with Crippen molar-refractivity contribution in [1.82, 2.24) is 14.6 Å². The van der Waals surface area contributed by atoms with Gasteiger partial charge in [0.05, 0.1) is 17.6 Å². The number of halogens is 2. The van der Waals surface area contributed by atoms with E-state index in [2.05, 4.69) is 10.4 Å². The molecule has 0 aliphatic rings. The fraction of sp³-hybridized carbons (Fsp3) is 0.125. The summed E-state index contributed by atoms with van der Waals surface area (Å²) in [5.41, 5.74) is 4.40. The first-order valence-corrected chi connectivity index (χ1v) is 6.93. The summed E-state index contributed by atoms with van der Waals surface area (Å²) < 4.78 is 28.0. The van der Waals surface area contributed by atoms with Crippen LogP contribution in [0.5, 0.6) is 0 Å². The SMILES string of the molecule is CN(Cc1ccc(F)cc1F)C(=O)Nn1cnc2ccccc21. The number of hydrogen-bond acceptors (Lipinski definition) is 2. The largest absolute Gasteiger partial charge is 0.336 e. The molecule has 2 aromatic carbocycles. The van der Waals surface area contributed by atoms with Crippen molar-refractivity contribution in [1.29, 1.82) is 0 Å². The lowest BCUT2D eigenvalue weighted by molar-refractivity contribution is 0.217. The van der Waals surface area contributed by atoms with Crippen molar-refractivity contribution in [2.45, 2.75) is 6.54 Å². The molecule has 0 spiro atoms. The highest BCUT2D eigenvalue weighted by Gasteiger charge is 2.13. The van der Waals surface area contributed by atoms with Crippen molar-refractivity contribution in [3.05, 3.63) is 66.0 Å². The van der Waals surface area contributed by atoms with Gasteiger partial charge in [0.1, 0.15) is 18.0 Å². The van der Waals surface area contributed by atoms with Gasteiger partial charge in [0.15, 0.2) is 0 Å². The molecule has 23 heavy (non-hydrogen) atoms. The predicted molar refractivity (Wildman–Crippen MR) is 82.3 cm³/mol. The van der Waals surface area contributed by atoms with Gasteiger partial charge in [-0.25, -0.2) is 28.7 Å². The van der Waals surface area contributed by atoms with Gasteiger partial charge in [-0.1, -0.05) is 18.2 Å². The van der Waals surface area contributed by atoms with Gasteiger partial charge in [-0.05, 0) is 18.2 Å². The number of rotatable bonds is 3. The minimum Gasteiger partial charge on any atom is -0.322 e. The summed E-state index contributed by atoms with van der Waals surface area (Å²) in [6.07, 6.45) is 1.49. The highest BCUT2D eigenvalue weighted by molar-refractivity contribution is 5.84. The number of nitrogens with zero attached hydrogens (tertiary/aromatic N) is 3. The number of hydrogen-bond donors (Lipinski definition) is 1. The molecule has 0 bridgehead atoms. The van der Waals surface area contributed by atoms with Crippen LogP contribution in [-0.2, 0) is 6.54 Å². The number of carbonyl (C=O) groups excluding carboxylic acids is 1. The van der Waals surface area contributed by atoms with Crippen molar-refractivity contribution in [3.63, 3.8) is 0 Å². The minimum atomic E-state index is -0.683. The van der Waals surface area contributed by atoms with E-state index in [-0.39, 0.29) is 12.1 Å². The van der Waals surface area contributed by atoms with E-state index in [1.165, 1.54) is 29.0 Å². The third-order valence-electron chi connectivity index (χ3n) is 3.44. The third-order valence-corrected chi connectivity index (χ3v) is 3.44. The van der Waals surface area contributed by atoms with E-state index in [1.54, 1.807) is 0 Å². The first-order valence-electron chi connectivity index (χ1n) is 6.93. The van der Waals surface area contributed by atoms with E-state index in [9.17, 15) is 13.6 Å². The normalized spacial score (nSPS) is 10.7. The molecule has 3 rings (SSSR count). The zero-order valence-corrected chi connectivity index (χ0v) is 12.3. The number of benzene rings is 2. The van der Waals surface area contributed by atoms with Gasteiger partial charge in [0.25, 0.3) is 0 Å². The molecule has 0 radical (unpaired) electrons. The van der Waals surface area contributed by atoms with Gasteiger partial charge in [-0.15, -0.1) is 0 Å². The maximum Gasteiger partial charge on any atom is 0.336 e. The Labute approximate surface area is 131 Å². The van der Waals surface area contributed by atoms with Crippen molar-refractivity contribution in [2.75, 3.05) is 12.5 Å². The molecule has 0 aliphatic carbocycles. The molecule has 0 unspecified atom stereocenters. The van der Waals surface area contributed by atoms with E-state index in [4.69, 9.17) is 0 Å². The zero-order valence-electron chi connectivity index (χ0n) is 12.3. The van der Waals surface area contributed by atoms with E-state index in [0.29, 0.717) is 0 Å². The van der Waals surface area contributed by atoms with E-state index in [0.717, 1.165) is 23.2 Å². The molecule has 3 aromatic rings. The molecule has 0 fully saturated rings. The van der Waals surface area contributed by atoms with Crippen LogP contribution in [0, 0.1) is 11.6 Å². The summed E-state index contributed by atoms with van der Waals surface area (Å²) in [5, 5.41) is 0. The molecule has 0 atom stereocenters. The number of carbonyl (C=O) groups is 1. The van der Waals surface area contributed by atoms with Crippen LogP contribution in [0.3, 0.4) is 0 Å². The Hall–Kier alpha value is -2.96. The molecule has 1 aromatic heterocycles. The Balaban J connectivity index is 1.72. The number of aromatic nitrogens is 2. The Morgan fingerprint density at radius 3 is 2.83 bits per heavy atom. The van der Waals surface area contributed by atoms with Crippen LogP contribution in [0.4, 0.5) is 13.6 Å². The van der Waals surface area contributed by atoms with Crippen LogP contribution in [0.25, 0.3) is 11.0 Å². The van der Waals surface area contributed by atoms with E-state index >= 15 is 0 Å². The van der Waals surface area contributed by atoms with Crippen LogP contribution >= 0.6 is 0 Å². The molecule has 0 saturated heterocycles. The molecule has 0 saturated carbocycles. The summed E-state index contributed by atoms with van der Waals surface area (Å²) in [5.74, 6) is -1.33. The van der Waals surface area contributed by atoms with Crippen molar-refractivity contribution >= 4 is 17.1 Å². The second-order valence-electron chi connectivity index (χ2n) is 5.11. The topological polar surface area (TPSA) is 50.2 Å². The second kappa shape index (κ2) is 6.04. The highest BCUT2D eigenvalue weighted by atomic mass is 19.1. The first-order chi connectivity index (χ1) is 11.0. The number of para-hydroxylation sites is 2. The van der Waals surface area contributed by atoms with Gasteiger partial charge < -0.3 is 4.90 Å². The van der Waals surface area contributed by atoms with Gasteiger partial charge in [-0.2, -0.15) is 0 Å². The van der Waals surface area contributed by atoms with Crippen LogP contribution in [0.15, 0.2) is 48.8 Å². The van der Waals surface area contributed by atoms with Crippen LogP contribution in [0.1, 0.15) is 5.56 Å². The molecule has 118 valence electrons. The van der Waals surface area contributed by atoms with Crippen LogP contribution in [0.2, 0.25) is 0 Å². The Kier molecular flexibility index (Phi) is 3.92. The monoisotopic (exact) mass is 316 g/mol. The quantitative estimate of drug-likeness (QED) is 0.807. The average Bonchev–Trinajstić information content (AvgIpc) is 2.93. The molecule has 7 heteroatoms. The summed E-state index contributed by atoms with van der Waals surface area (Å²) in [4.78, 5) is 17.7. The van der Waals surface area contributed by atoms with Crippen molar-refractivity contribution in [3.8, 4) is 0 Å². The predicted octanol–water partition coefficient (Wildman–Crippen LogP) is 3.11. The Morgan fingerprint density at radius 2 is 2.04 bits per heavy atom. The fourth-order valence-electron chi connectivity index (χ4n) is 2.21. The van der Waals surface area contributed by atoms with E-state index in [1.807, 2.05) is 24.3 Å². The van der Waals surface area contributed by atoms with Gasteiger partial charge in [0.2, 0.25) is 0 Å². The number of fused-ring (bicyclic) bond motifs is 1. The smallest absolute Gasteiger partial charge is 0.322 e. The molecule has 2 amide bonds. The Bertz CT molecular complexity index is 862. The first kappa shape index (κ1) is 15.0. The van der Waals surface area contributed by atoms with Gasteiger partial charge in [0, 0.05) is 18.7 Å². The molecule has 1 N–H and O–H groups in total. The van der Waals surface area contributed by atoms with E-state index < -0.39 is 17.7 Å². The average molecular weight is 316 g/mol. The number of imidazole rings is 1. The lowest BCUT2D eigenvalue weighted by Gasteiger charge is -2.19. The van der Waals surface area contributed by atoms with Gasteiger partial charge in [-0.3, -0.25) is 0 Å². The lowest BCUT2D eigenvalue weighted by Crippen LogP contribution is -2.35. The highest BCUT2D eigenvalue weighted by Crippen LogP contribution is 2.13. The Morgan fingerprint density at radius 1 is 1.26 bits per heavy atom. The maximum absolute atomic E-state index is 13.6. The van der Waals surface area contributed by atoms with Crippen molar-refractivity contribution < 1.29 is 13.6 Å². The molecule has 5 nitrogen and oxygen atoms in total. The summed E-state index contributed by atoms with van der Waals surface area (Å²) >= 11 is 0. The third kappa shape index (κ3) is 3.13. The molecular formula is C16H14F2N4O. The standard InChI is InChI=1S/C16H14F2N4O/c1-21(9-11-6-7-12(17)8-13(11)18)16(23)20-22-10-19-14-4-2-3-5-15(14)22/h2-8,10H,9H2,1H3,(H,20,23). The summed E-state index contributed by atoms with van der Waals surface area (Å²) in [7, 11) is 1.53. The fourth-order valence-corrected chi connectivity index (χ4v) is 2.21. The number of urea groups is 1. The number of amides is 2. The van der Waals surface area contributed by atoms with Crippen LogP contribution < -0.4 is 5.43 Å². The molecular weight excluding hydrogens is 302 g/mol. The van der Waals surface area contributed by atoms with Crippen molar-refractivity contribution in [2.24, 2.45) is 0 Å². The van der Waals surface area contributed by atoms with Gasteiger partial charge >= 0.3 is 6.03 Å². The second-order valence-corrected chi connectivity index (χ2v) is 5.11. The molecule has 1 heterocycles. The number of nitrogens with one attached hydrogen (secondary N) is 1. The zero-order chi connectivity index (χ0) is 16.4. The maximum atomic E-state index is 13.6. The summed E-state index contributed by atoms with van der Waals surface area (Å²) in [6, 6.07) is 10.2. The molecule has 0 aliphatic heterocycles. The lowest BCUT2D eigenvalue weighted by atomic mass is 10.2. The minimum absolute atomic E-state index is 0.0184. The summed E-state index contributed by atoms with van der Waals surface area (Å²) in [6.45, 7) is 0.0184. The van der Waals surface area contributed by atoms with Crippen LogP contribution in [-0.4, -0.2) is 27.6 Å².